The minimum Gasteiger partial charge on any atom is -0.457 e. The third-order valence-electron chi connectivity index (χ3n) is 13.1. The van der Waals surface area contributed by atoms with Crippen LogP contribution in [0.15, 0.2) is 48.6 Å². The molecule has 2 heterocycles. The van der Waals surface area contributed by atoms with E-state index in [0.29, 0.717) is 13.0 Å². The Hall–Kier alpha value is -2.05. The molecule has 11 atom stereocenters. The Morgan fingerprint density at radius 3 is 1.43 bits per heavy atom. The summed E-state index contributed by atoms with van der Waals surface area (Å²) in [5.74, 6) is -0.389. The summed E-state index contributed by atoms with van der Waals surface area (Å²) in [5.41, 5.74) is 0. The van der Waals surface area contributed by atoms with Crippen LogP contribution in [0.1, 0.15) is 200 Å². The summed E-state index contributed by atoms with van der Waals surface area (Å²) in [6, 6.07) is 0. The van der Waals surface area contributed by atoms with Gasteiger partial charge in [0.2, 0.25) is 0 Å². The molecular formula is C56H100O14. The summed E-state index contributed by atoms with van der Waals surface area (Å²) in [6.45, 7) is 3.63. The average Bonchev–Trinajstić information content (AvgIpc) is 3.36. The Kier molecular flexibility index (Phi) is 39.7. The van der Waals surface area contributed by atoms with Crippen molar-refractivity contribution in [2.45, 2.75) is 268 Å². The Morgan fingerprint density at radius 1 is 0.471 bits per heavy atom. The van der Waals surface area contributed by atoms with Gasteiger partial charge in [-0.15, -0.1) is 0 Å². The van der Waals surface area contributed by atoms with Gasteiger partial charge in [-0.1, -0.05) is 165 Å². The fraction of sp³-hybridized carbons (Fsp3) is 0.839. The summed E-state index contributed by atoms with van der Waals surface area (Å²) >= 11 is 0. The lowest BCUT2D eigenvalue weighted by Gasteiger charge is -2.42. The number of allylic oxidation sites excluding steroid dienone is 8. The highest BCUT2D eigenvalue weighted by molar-refractivity contribution is 5.69. The predicted octanol–water partition coefficient (Wildman–Crippen LogP) is 9.13. The normalized spacial score (nSPS) is 25.8. The number of esters is 1. The van der Waals surface area contributed by atoms with Crippen molar-refractivity contribution < 1.29 is 69.0 Å². The molecule has 0 radical (unpaired) electrons. The van der Waals surface area contributed by atoms with Crippen molar-refractivity contribution in [2.75, 3.05) is 33.0 Å². The van der Waals surface area contributed by atoms with Gasteiger partial charge < -0.3 is 64.2 Å². The standard InChI is InChI=1S/C56H100O14/c1-3-5-7-9-11-13-15-17-18-19-20-21-22-23-24-25-26-27-28-30-32-34-36-38-40-65-42-45(68-48(58)39-37-35-33-31-29-16-14-12-10-8-6-4-2)43-66-55-54(64)52(62)50(60)47(70-55)44-67-56-53(63)51(61)49(59)46(41-57)69-56/h12,14-15,17,19-20,22-23,45-47,49-57,59-64H,3-11,13,16,18,21,24-44H2,1-2H3/b14-12-,17-15-,20-19-,23-22-. The van der Waals surface area contributed by atoms with Crippen LogP contribution in [0, 0.1) is 0 Å². The molecule has 0 saturated carbocycles. The molecule has 0 bridgehead atoms. The summed E-state index contributed by atoms with van der Waals surface area (Å²) < 4.78 is 34.3. The number of ether oxygens (including phenoxy) is 6. The van der Waals surface area contributed by atoms with Crippen LogP contribution in [0.5, 0.6) is 0 Å². The number of hydrogen-bond donors (Lipinski definition) is 7. The quantitative estimate of drug-likeness (QED) is 0.0172. The van der Waals surface area contributed by atoms with Crippen molar-refractivity contribution in [2.24, 2.45) is 0 Å². The van der Waals surface area contributed by atoms with Gasteiger partial charge in [0.15, 0.2) is 12.6 Å². The number of aliphatic hydroxyl groups is 7. The maximum absolute atomic E-state index is 13.0. The fourth-order valence-electron chi connectivity index (χ4n) is 8.52. The van der Waals surface area contributed by atoms with Gasteiger partial charge >= 0.3 is 5.97 Å². The highest BCUT2D eigenvalue weighted by atomic mass is 16.7. The van der Waals surface area contributed by atoms with Crippen molar-refractivity contribution in [3.8, 4) is 0 Å². The van der Waals surface area contributed by atoms with E-state index >= 15 is 0 Å². The van der Waals surface area contributed by atoms with Crippen LogP contribution >= 0.6 is 0 Å². The minimum absolute atomic E-state index is 0.0538. The van der Waals surface area contributed by atoms with E-state index in [1.165, 1.54) is 96.3 Å². The van der Waals surface area contributed by atoms with Crippen molar-refractivity contribution in [1.29, 1.82) is 0 Å². The molecule has 2 fully saturated rings. The van der Waals surface area contributed by atoms with Crippen molar-refractivity contribution in [3.05, 3.63) is 48.6 Å². The molecule has 2 aliphatic heterocycles. The lowest BCUT2D eigenvalue weighted by molar-refractivity contribution is -0.332. The maximum atomic E-state index is 13.0. The highest BCUT2D eigenvalue weighted by Gasteiger charge is 2.47. The molecule has 0 aromatic carbocycles. The number of carbonyl (C=O) groups excluding carboxylic acids is 1. The molecule has 11 unspecified atom stereocenters. The van der Waals surface area contributed by atoms with E-state index in [2.05, 4.69) is 62.5 Å². The van der Waals surface area contributed by atoms with Crippen molar-refractivity contribution in [1.82, 2.24) is 0 Å². The molecule has 7 N–H and O–H groups in total. The topological polar surface area (TPSA) is 214 Å². The largest absolute Gasteiger partial charge is 0.457 e. The van der Waals surface area contributed by atoms with Crippen LogP contribution in [0.3, 0.4) is 0 Å². The zero-order valence-corrected chi connectivity index (χ0v) is 43.5. The van der Waals surface area contributed by atoms with Crippen LogP contribution in [-0.2, 0) is 33.2 Å². The molecule has 0 aromatic heterocycles. The molecule has 2 saturated heterocycles. The third kappa shape index (κ3) is 30.2. The van der Waals surface area contributed by atoms with Gasteiger partial charge in [-0.3, -0.25) is 4.79 Å². The fourth-order valence-corrected chi connectivity index (χ4v) is 8.52. The summed E-state index contributed by atoms with van der Waals surface area (Å²) in [5, 5.41) is 72.2. The summed E-state index contributed by atoms with van der Waals surface area (Å²) in [6.07, 6.45) is 34.6. The van der Waals surface area contributed by atoms with E-state index < -0.39 is 80.7 Å². The monoisotopic (exact) mass is 997 g/mol. The molecule has 408 valence electrons. The molecule has 0 aliphatic carbocycles. The molecule has 0 aromatic rings. The molecule has 2 aliphatic rings. The number of hydrogen-bond acceptors (Lipinski definition) is 14. The Labute approximate surface area is 422 Å². The van der Waals surface area contributed by atoms with Gasteiger partial charge in [0, 0.05) is 13.0 Å². The Balaban J connectivity index is 1.70. The Morgan fingerprint density at radius 2 is 0.886 bits per heavy atom. The van der Waals surface area contributed by atoms with E-state index in [4.69, 9.17) is 28.4 Å². The average molecular weight is 997 g/mol. The molecule has 0 spiro atoms. The van der Waals surface area contributed by atoms with E-state index in [0.717, 1.165) is 77.0 Å². The lowest BCUT2D eigenvalue weighted by atomic mass is 9.98. The van der Waals surface area contributed by atoms with E-state index in [9.17, 15) is 40.5 Å². The van der Waals surface area contributed by atoms with Gasteiger partial charge in [-0.2, -0.15) is 0 Å². The van der Waals surface area contributed by atoms with E-state index in [1.54, 1.807) is 0 Å². The molecule has 70 heavy (non-hydrogen) atoms. The van der Waals surface area contributed by atoms with Gasteiger partial charge in [0.25, 0.3) is 0 Å². The second-order valence-electron chi connectivity index (χ2n) is 19.4. The van der Waals surface area contributed by atoms with Crippen molar-refractivity contribution >= 4 is 5.97 Å². The van der Waals surface area contributed by atoms with Crippen molar-refractivity contribution in [3.63, 3.8) is 0 Å². The molecule has 14 nitrogen and oxygen atoms in total. The predicted molar refractivity (Wildman–Crippen MR) is 275 cm³/mol. The Bertz CT molecular complexity index is 1340. The van der Waals surface area contributed by atoms with Gasteiger partial charge in [-0.05, 0) is 77.0 Å². The van der Waals surface area contributed by atoms with Crippen LogP contribution in [0.25, 0.3) is 0 Å². The maximum Gasteiger partial charge on any atom is 0.306 e. The molecule has 0 amide bonds. The third-order valence-corrected chi connectivity index (χ3v) is 13.1. The molecule has 14 heteroatoms. The SMILES string of the molecule is CCCCC/C=C\CCCCCCCC(=O)OC(COCCCCCCCCCCC/C=C\C/C=C\C/C=C\CCCCCCC)COC1OC(COC2OC(CO)C(O)C(O)C2O)C(O)C(O)C1O. The number of carbonyl (C=O) groups is 1. The van der Waals surface area contributed by atoms with E-state index in [-0.39, 0.29) is 25.6 Å². The van der Waals surface area contributed by atoms with Gasteiger partial charge in [0.05, 0.1) is 26.4 Å². The summed E-state index contributed by atoms with van der Waals surface area (Å²) in [4.78, 5) is 13.0. The first-order chi connectivity index (χ1) is 34.1. The number of rotatable bonds is 44. The first kappa shape index (κ1) is 64.1. The van der Waals surface area contributed by atoms with Crippen LogP contribution in [-0.4, -0.2) is 142 Å². The lowest BCUT2D eigenvalue weighted by Crippen LogP contribution is -2.61. The second kappa shape index (κ2) is 43.4. The minimum atomic E-state index is -1.71. The van der Waals surface area contributed by atoms with Gasteiger partial charge in [-0.25, -0.2) is 0 Å². The number of aliphatic hydroxyl groups excluding tert-OH is 7. The molecular weight excluding hydrogens is 897 g/mol. The first-order valence-electron chi connectivity index (χ1n) is 27.7. The van der Waals surface area contributed by atoms with Crippen LogP contribution in [0.2, 0.25) is 0 Å². The first-order valence-corrected chi connectivity index (χ1v) is 27.7. The second-order valence-corrected chi connectivity index (χ2v) is 19.4. The zero-order valence-electron chi connectivity index (χ0n) is 43.5. The zero-order chi connectivity index (χ0) is 50.9. The van der Waals surface area contributed by atoms with Crippen LogP contribution in [0.4, 0.5) is 0 Å². The number of unbranched alkanes of at least 4 members (excludes halogenated alkanes) is 22. The smallest absolute Gasteiger partial charge is 0.306 e. The molecule has 2 rings (SSSR count). The van der Waals surface area contributed by atoms with Gasteiger partial charge in [0.1, 0.15) is 54.9 Å². The highest BCUT2D eigenvalue weighted by Crippen LogP contribution is 2.26. The summed E-state index contributed by atoms with van der Waals surface area (Å²) in [7, 11) is 0. The van der Waals surface area contributed by atoms with Crippen LogP contribution < -0.4 is 0 Å². The van der Waals surface area contributed by atoms with E-state index in [1.807, 2.05) is 0 Å².